The fourth-order valence-corrected chi connectivity index (χ4v) is 1.90. The Morgan fingerprint density at radius 1 is 1.50 bits per heavy atom. The van der Waals surface area contributed by atoms with Crippen molar-refractivity contribution in [3.05, 3.63) is 28.5 Å². The number of carbonyl (C=O) groups is 1. The second-order valence-electron chi connectivity index (χ2n) is 3.94. The maximum absolute atomic E-state index is 12.2. The summed E-state index contributed by atoms with van der Waals surface area (Å²) in [6.45, 7) is 4.83. The lowest BCUT2D eigenvalue weighted by Crippen LogP contribution is -2.31. The molecule has 1 amide bonds. The van der Waals surface area contributed by atoms with Crippen molar-refractivity contribution in [1.29, 1.82) is 0 Å². The largest absolute Gasteiger partial charge is 0.328 e. The molecule has 0 bridgehead atoms. The van der Waals surface area contributed by atoms with E-state index in [-0.39, 0.29) is 5.91 Å². The molecule has 0 N–H and O–H groups in total. The predicted molar refractivity (Wildman–Crippen MR) is 73.7 cm³/mol. The van der Waals surface area contributed by atoms with E-state index in [1.165, 1.54) is 0 Å². The van der Waals surface area contributed by atoms with Crippen molar-refractivity contribution in [2.24, 2.45) is 0 Å². The Balaban J connectivity index is 3.01. The first-order chi connectivity index (χ1) is 8.62. The average molecular weight is 265 g/mol. The molecule has 18 heavy (non-hydrogen) atoms. The van der Waals surface area contributed by atoms with Gasteiger partial charge in [-0.15, -0.1) is 6.42 Å². The summed E-state index contributed by atoms with van der Waals surface area (Å²) in [6.07, 6.45) is 7.01. The van der Waals surface area contributed by atoms with E-state index in [1.54, 1.807) is 17.0 Å². The lowest BCUT2D eigenvalue weighted by atomic mass is 10.1. The second kappa shape index (κ2) is 7.03. The molecular formula is C14H17ClN2O. The molecule has 96 valence electrons. The van der Waals surface area contributed by atoms with Gasteiger partial charge in [-0.25, -0.2) is 4.98 Å². The number of pyridine rings is 1. The lowest BCUT2D eigenvalue weighted by molar-refractivity contribution is 0.0784. The Kier molecular flexibility index (Phi) is 5.67. The van der Waals surface area contributed by atoms with Crippen LogP contribution in [0, 0.1) is 12.3 Å². The van der Waals surface area contributed by atoms with E-state index in [1.807, 2.05) is 6.92 Å². The van der Waals surface area contributed by atoms with Crippen molar-refractivity contribution in [3.63, 3.8) is 0 Å². The monoisotopic (exact) mass is 264 g/mol. The standard InChI is InChI=1S/C14H17ClN2O/c1-4-7-12-9-11(10-13(15)16-12)14(18)17(6-3)8-5-2/h2,9-10H,4,6-8H2,1,3H3. The number of hydrogen-bond donors (Lipinski definition) is 0. The molecule has 0 aromatic carbocycles. The van der Waals surface area contributed by atoms with Crippen LogP contribution < -0.4 is 0 Å². The number of carbonyl (C=O) groups excluding carboxylic acids is 1. The normalized spacial score (nSPS) is 9.89. The Morgan fingerprint density at radius 2 is 2.22 bits per heavy atom. The first-order valence-corrected chi connectivity index (χ1v) is 6.39. The maximum Gasteiger partial charge on any atom is 0.254 e. The van der Waals surface area contributed by atoms with Gasteiger partial charge in [0.1, 0.15) is 5.15 Å². The Bertz CT molecular complexity index is 465. The number of amides is 1. The van der Waals surface area contributed by atoms with Crippen molar-refractivity contribution in [2.75, 3.05) is 13.1 Å². The maximum atomic E-state index is 12.2. The highest BCUT2D eigenvalue weighted by Crippen LogP contribution is 2.14. The van der Waals surface area contributed by atoms with Gasteiger partial charge in [-0.3, -0.25) is 4.79 Å². The van der Waals surface area contributed by atoms with Crippen molar-refractivity contribution in [1.82, 2.24) is 9.88 Å². The van der Waals surface area contributed by atoms with Gasteiger partial charge in [-0.05, 0) is 25.5 Å². The Hall–Kier alpha value is -1.53. The van der Waals surface area contributed by atoms with E-state index in [2.05, 4.69) is 17.8 Å². The van der Waals surface area contributed by atoms with Gasteiger partial charge in [0.05, 0.1) is 6.54 Å². The zero-order valence-corrected chi connectivity index (χ0v) is 11.5. The average Bonchev–Trinajstić information content (AvgIpc) is 2.35. The number of terminal acetylenes is 1. The van der Waals surface area contributed by atoms with Gasteiger partial charge in [0, 0.05) is 17.8 Å². The van der Waals surface area contributed by atoms with Gasteiger partial charge in [0.25, 0.3) is 5.91 Å². The number of aromatic nitrogens is 1. The van der Waals surface area contributed by atoms with Crippen LogP contribution in [-0.4, -0.2) is 28.9 Å². The van der Waals surface area contributed by atoms with Crippen molar-refractivity contribution >= 4 is 17.5 Å². The molecule has 0 aliphatic heterocycles. The fraction of sp³-hybridized carbons (Fsp3) is 0.429. The molecule has 0 unspecified atom stereocenters. The van der Waals surface area contributed by atoms with Crippen LogP contribution in [0.4, 0.5) is 0 Å². The van der Waals surface area contributed by atoms with E-state index in [0.717, 1.165) is 18.5 Å². The number of nitrogens with zero attached hydrogens (tertiary/aromatic N) is 2. The molecule has 0 radical (unpaired) electrons. The predicted octanol–water partition coefficient (Wildman–Crippen LogP) is 2.78. The van der Waals surface area contributed by atoms with E-state index in [0.29, 0.717) is 23.8 Å². The molecule has 0 atom stereocenters. The van der Waals surface area contributed by atoms with Crippen molar-refractivity contribution in [3.8, 4) is 12.3 Å². The van der Waals surface area contributed by atoms with E-state index in [9.17, 15) is 4.79 Å². The number of rotatable bonds is 5. The molecule has 0 saturated heterocycles. The third-order valence-electron chi connectivity index (χ3n) is 2.55. The van der Waals surface area contributed by atoms with Gasteiger partial charge in [0.15, 0.2) is 0 Å². The van der Waals surface area contributed by atoms with Crippen molar-refractivity contribution in [2.45, 2.75) is 26.7 Å². The zero-order valence-electron chi connectivity index (χ0n) is 10.7. The summed E-state index contributed by atoms with van der Waals surface area (Å²) >= 11 is 5.93. The molecule has 1 heterocycles. The molecule has 4 heteroatoms. The summed E-state index contributed by atoms with van der Waals surface area (Å²) in [5.74, 6) is 2.38. The quantitative estimate of drug-likeness (QED) is 0.605. The zero-order chi connectivity index (χ0) is 13.5. The third-order valence-corrected chi connectivity index (χ3v) is 2.74. The minimum atomic E-state index is -0.0999. The lowest BCUT2D eigenvalue weighted by Gasteiger charge is -2.18. The molecule has 1 rings (SSSR count). The number of aryl methyl sites for hydroxylation is 1. The summed E-state index contributed by atoms with van der Waals surface area (Å²) in [4.78, 5) is 18.0. The molecule has 1 aromatic rings. The Morgan fingerprint density at radius 3 is 2.78 bits per heavy atom. The molecule has 0 saturated carbocycles. The highest BCUT2D eigenvalue weighted by Gasteiger charge is 2.14. The highest BCUT2D eigenvalue weighted by molar-refractivity contribution is 6.29. The van der Waals surface area contributed by atoms with Crippen LogP contribution in [0.15, 0.2) is 12.1 Å². The van der Waals surface area contributed by atoms with Gasteiger partial charge < -0.3 is 4.90 Å². The summed E-state index contributed by atoms with van der Waals surface area (Å²) < 4.78 is 0. The first-order valence-electron chi connectivity index (χ1n) is 6.01. The minimum absolute atomic E-state index is 0.0999. The summed E-state index contributed by atoms with van der Waals surface area (Å²) in [6, 6.07) is 3.37. The number of hydrogen-bond acceptors (Lipinski definition) is 2. The van der Waals surface area contributed by atoms with Crippen LogP contribution in [-0.2, 0) is 6.42 Å². The molecular weight excluding hydrogens is 248 g/mol. The molecule has 1 aromatic heterocycles. The minimum Gasteiger partial charge on any atom is -0.328 e. The first kappa shape index (κ1) is 14.5. The van der Waals surface area contributed by atoms with Crippen molar-refractivity contribution < 1.29 is 4.79 Å². The van der Waals surface area contributed by atoms with Crippen LogP contribution in [0.1, 0.15) is 36.3 Å². The summed E-state index contributed by atoms with van der Waals surface area (Å²) in [7, 11) is 0. The van der Waals surface area contributed by atoms with Gasteiger partial charge in [0.2, 0.25) is 0 Å². The smallest absolute Gasteiger partial charge is 0.254 e. The SMILES string of the molecule is C#CCN(CC)C(=O)c1cc(Cl)nc(CCC)c1. The van der Waals surface area contributed by atoms with Crippen LogP contribution in [0.2, 0.25) is 5.15 Å². The van der Waals surface area contributed by atoms with Crippen LogP contribution in [0.5, 0.6) is 0 Å². The molecule has 3 nitrogen and oxygen atoms in total. The van der Waals surface area contributed by atoms with Crippen LogP contribution >= 0.6 is 11.6 Å². The van der Waals surface area contributed by atoms with Gasteiger partial charge >= 0.3 is 0 Å². The molecule has 0 fully saturated rings. The third kappa shape index (κ3) is 3.75. The molecule has 0 aliphatic carbocycles. The van der Waals surface area contributed by atoms with Crippen LogP contribution in [0.25, 0.3) is 0 Å². The van der Waals surface area contributed by atoms with Crippen LogP contribution in [0.3, 0.4) is 0 Å². The topological polar surface area (TPSA) is 33.2 Å². The Labute approximate surface area is 113 Å². The van der Waals surface area contributed by atoms with E-state index < -0.39 is 0 Å². The van der Waals surface area contributed by atoms with Gasteiger partial charge in [-0.2, -0.15) is 0 Å². The molecule has 0 aliphatic rings. The summed E-state index contributed by atoms with van der Waals surface area (Å²) in [5, 5.41) is 0.348. The highest BCUT2D eigenvalue weighted by atomic mass is 35.5. The summed E-state index contributed by atoms with van der Waals surface area (Å²) in [5.41, 5.74) is 1.39. The fourth-order valence-electron chi connectivity index (χ4n) is 1.68. The van der Waals surface area contributed by atoms with Gasteiger partial charge in [-0.1, -0.05) is 30.9 Å². The van der Waals surface area contributed by atoms with E-state index >= 15 is 0 Å². The second-order valence-corrected chi connectivity index (χ2v) is 4.33. The number of halogens is 1. The molecule has 0 spiro atoms. The van der Waals surface area contributed by atoms with E-state index in [4.69, 9.17) is 18.0 Å².